The van der Waals surface area contributed by atoms with Gasteiger partial charge in [-0.1, -0.05) is 19.1 Å². The zero-order chi connectivity index (χ0) is 18.8. The van der Waals surface area contributed by atoms with Gasteiger partial charge >= 0.3 is 0 Å². The second-order valence-electron chi connectivity index (χ2n) is 7.42. The van der Waals surface area contributed by atoms with E-state index < -0.39 is 0 Å². The summed E-state index contributed by atoms with van der Waals surface area (Å²) in [6.45, 7) is 6.66. The van der Waals surface area contributed by atoms with Crippen LogP contribution in [0, 0.1) is 5.92 Å². The minimum Gasteiger partial charge on any atom is -0.497 e. The van der Waals surface area contributed by atoms with Crippen LogP contribution < -0.4 is 15.4 Å². The number of piperidine rings is 1. The molecule has 0 amide bonds. The van der Waals surface area contributed by atoms with Crippen LogP contribution in [0.2, 0.25) is 0 Å². The molecular weight excluding hydrogens is 451 g/mol. The fourth-order valence-corrected chi connectivity index (χ4v) is 3.47. The largest absolute Gasteiger partial charge is 0.497 e. The summed E-state index contributed by atoms with van der Waals surface area (Å²) < 4.78 is 5.22. The summed E-state index contributed by atoms with van der Waals surface area (Å²) in [5.74, 6) is 3.19. The summed E-state index contributed by atoms with van der Waals surface area (Å²) in [6.07, 6.45) is 4.95. The second-order valence-corrected chi connectivity index (χ2v) is 7.42. The SMILES string of the molecule is CN=C(NCCC1CCN(C)CC1)NCCC(C)c1ccc(OC)cc1.I. The van der Waals surface area contributed by atoms with Crippen LogP contribution >= 0.6 is 24.0 Å². The van der Waals surface area contributed by atoms with Crippen LogP contribution in [0.1, 0.15) is 44.1 Å². The van der Waals surface area contributed by atoms with Gasteiger partial charge in [0, 0.05) is 20.1 Å². The normalized spacial score (nSPS) is 17.1. The van der Waals surface area contributed by atoms with Crippen molar-refractivity contribution >= 4 is 29.9 Å². The Morgan fingerprint density at radius 3 is 2.41 bits per heavy atom. The molecule has 1 aromatic rings. The molecule has 1 atom stereocenters. The molecule has 2 N–H and O–H groups in total. The fraction of sp³-hybridized carbons (Fsp3) is 0.667. The molecule has 2 rings (SSSR count). The molecule has 0 aromatic heterocycles. The smallest absolute Gasteiger partial charge is 0.190 e. The Balaban J connectivity index is 0.00000364. The maximum absolute atomic E-state index is 5.22. The number of likely N-dealkylation sites (tertiary alicyclic amines) is 1. The van der Waals surface area contributed by atoms with E-state index in [2.05, 4.69) is 46.6 Å². The van der Waals surface area contributed by atoms with Crippen molar-refractivity contribution in [2.24, 2.45) is 10.9 Å². The Bertz CT molecular complexity index is 542. The van der Waals surface area contributed by atoms with E-state index >= 15 is 0 Å². The molecule has 1 aliphatic rings. The number of methoxy groups -OCH3 is 1. The fourth-order valence-electron chi connectivity index (χ4n) is 3.47. The van der Waals surface area contributed by atoms with E-state index in [0.29, 0.717) is 5.92 Å². The highest BCUT2D eigenvalue weighted by atomic mass is 127. The van der Waals surface area contributed by atoms with E-state index in [9.17, 15) is 0 Å². The van der Waals surface area contributed by atoms with Crippen LogP contribution in [0.4, 0.5) is 0 Å². The van der Waals surface area contributed by atoms with Crippen molar-refractivity contribution in [1.29, 1.82) is 0 Å². The molecule has 0 bridgehead atoms. The van der Waals surface area contributed by atoms with Crippen molar-refractivity contribution in [3.63, 3.8) is 0 Å². The van der Waals surface area contributed by atoms with E-state index in [-0.39, 0.29) is 24.0 Å². The van der Waals surface area contributed by atoms with Crippen LogP contribution in [-0.2, 0) is 0 Å². The molecule has 1 heterocycles. The standard InChI is InChI=1S/C21H36N4O.HI/c1-17(19-5-7-20(26-4)8-6-19)9-13-23-21(22-2)24-14-10-18-11-15-25(3)16-12-18;/h5-8,17-18H,9-16H2,1-4H3,(H2,22,23,24);1H. The van der Waals surface area contributed by atoms with Gasteiger partial charge in [-0.2, -0.15) is 0 Å². The molecule has 1 fully saturated rings. The topological polar surface area (TPSA) is 48.9 Å². The lowest BCUT2D eigenvalue weighted by Gasteiger charge is -2.29. The van der Waals surface area contributed by atoms with E-state index in [4.69, 9.17) is 4.74 Å². The summed E-state index contributed by atoms with van der Waals surface area (Å²) in [7, 11) is 5.76. The van der Waals surface area contributed by atoms with Gasteiger partial charge in [0.05, 0.1) is 7.11 Å². The molecule has 6 heteroatoms. The number of nitrogens with one attached hydrogen (secondary N) is 2. The van der Waals surface area contributed by atoms with Gasteiger partial charge in [-0.25, -0.2) is 0 Å². The van der Waals surface area contributed by atoms with Crippen molar-refractivity contribution in [3.8, 4) is 5.75 Å². The molecule has 0 aliphatic carbocycles. The summed E-state index contributed by atoms with van der Waals surface area (Å²) in [5.41, 5.74) is 1.35. The number of benzene rings is 1. The summed E-state index contributed by atoms with van der Waals surface area (Å²) in [5, 5.41) is 6.91. The van der Waals surface area contributed by atoms with Gasteiger partial charge in [-0.3, -0.25) is 4.99 Å². The highest BCUT2D eigenvalue weighted by Crippen LogP contribution is 2.21. The first-order valence-corrected chi connectivity index (χ1v) is 9.89. The van der Waals surface area contributed by atoms with E-state index in [0.717, 1.165) is 37.1 Å². The molecule has 1 aliphatic heterocycles. The molecule has 27 heavy (non-hydrogen) atoms. The van der Waals surface area contributed by atoms with E-state index in [1.807, 2.05) is 19.2 Å². The predicted molar refractivity (Wildman–Crippen MR) is 126 cm³/mol. The summed E-state index contributed by atoms with van der Waals surface area (Å²) in [4.78, 5) is 6.77. The molecule has 0 radical (unpaired) electrons. The Morgan fingerprint density at radius 2 is 1.81 bits per heavy atom. The maximum atomic E-state index is 5.22. The molecule has 1 unspecified atom stereocenters. The number of rotatable bonds is 8. The van der Waals surface area contributed by atoms with Crippen LogP contribution in [0.15, 0.2) is 29.3 Å². The molecule has 5 nitrogen and oxygen atoms in total. The van der Waals surface area contributed by atoms with Crippen molar-refractivity contribution in [3.05, 3.63) is 29.8 Å². The Morgan fingerprint density at radius 1 is 1.19 bits per heavy atom. The zero-order valence-corrected chi connectivity index (χ0v) is 19.7. The van der Waals surface area contributed by atoms with E-state index in [1.165, 1.54) is 37.9 Å². The molecule has 154 valence electrons. The zero-order valence-electron chi connectivity index (χ0n) is 17.3. The average Bonchev–Trinajstić information content (AvgIpc) is 2.68. The number of aliphatic imine (C=N–C) groups is 1. The van der Waals surface area contributed by atoms with Gasteiger partial charge < -0.3 is 20.3 Å². The quantitative estimate of drug-likeness (QED) is 0.333. The summed E-state index contributed by atoms with van der Waals surface area (Å²) >= 11 is 0. The minimum atomic E-state index is 0. The lowest BCUT2D eigenvalue weighted by molar-refractivity contribution is 0.213. The van der Waals surface area contributed by atoms with Crippen molar-refractivity contribution in [2.45, 2.75) is 38.5 Å². The maximum Gasteiger partial charge on any atom is 0.190 e. The third-order valence-electron chi connectivity index (χ3n) is 5.46. The predicted octanol–water partition coefficient (Wildman–Crippen LogP) is 3.70. The lowest BCUT2D eigenvalue weighted by atomic mass is 9.94. The lowest BCUT2D eigenvalue weighted by Crippen LogP contribution is -2.39. The number of nitrogens with zero attached hydrogens (tertiary/aromatic N) is 2. The van der Waals surface area contributed by atoms with Gasteiger partial charge in [0.1, 0.15) is 5.75 Å². The van der Waals surface area contributed by atoms with Crippen molar-refractivity contribution < 1.29 is 4.74 Å². The minimum absolute atomic E-state index is 0. The van der Waals surface area contributed by atoms with Crippen LogP contribution in [0.5, 0.6) is 5.75 Å². The van der Waals surface area contributed by atoms with Crippen LogP contribution in [0.3, 0.4) is 0 Å². The first-order valence-electron chi connectivity index (χ1n) is 9.89. The first-order chi connectivity index (χ1) is 12.6. The van der Waals surface area contributed by atoms with Gasteiger partial charge in [0.25, 0.3) is 0 Å². The highest BCUT2D eigenvalue weighted by Gasteiger charge is 2.16. The Labute approximate surface area is 182 Å². The van der Waals surface area contributed by atoms with Gasteiger partial charge in [0.2, 0.25) is 0 Å². The monoisotopic (exact) mass is 488 g/mol. The number of hydrogen-bond donors (Lipinski definition) is 2. The van der Waals surface area contributed by atoms with Gasteiger partial charge in [-0.15, -0.1) is 24.0 Å². The first kappa shape index (κ1) is 24.0. The molecule has 1 saturated heterocycles. The highest BCUT2D eigenvalue weighted by molar-refractivity contribution is 14.0. The Hall–Kier alpha value is -1.02. The van der Waals surface area contributed by atoms with Crippen LogP contribution in [0.25, 0.3) is 0 Å². The molecule has 0 spiro atoms. The van der Waals surface area contributed by atoms with Crippen molar-refractivity contribution in [2.75, 3.05) is 47.4 Å². The number of hydrogen-bond acceptors (Lipinski definition) is 3. The average molecular weight is 488 g/mol. The number of guanidine groups is 1. The molecule has 0 saturated carbocycles. The van der Waals surface area contributed by atoms with Crippen molar-refractivity contribution in [1.82, 2.24) is 15.5 Å². The van der Waals surface area contributed by atoms with Gasteiger partial charge in [-0.05, 0) is 75.4 Å². The Kier molecular flexibility index (Phi) is 11.7. The number of halogens is 1. The molecule has 1 aromatic carbocycles. The second kappa shape index (κ2) is 13.2. The third kappa shape index (κ3) is 8.68. The van der Waals surface area contributed by atoms with E-state index in [1.54, 1.807) is 7.11 Å². The third-order valence-corrected chi connectivity index (χ3v) is 5.46. The summed E-state index contributed by atoms with van der Waals surface area (Å²) in [6, 6.07) is 8.36. The molecular formula is C21H37IN4O. The van der Waals surface area contributed by atoms with Gasteiger partial charge in [0.15, 0.2) is 5.96 Å². The van der Waals surface area contributed by atoms with Crippen LogP contribution in [-0.4, -0.2) is 58.2 Å². The number of ether oxygens (including phenoxy) is 1.